The van der Waals surface area contributed by atoms with Crippen molar-refractivity contribution in [2.45, 2.75) is 18.7 Å². The summed E-state index contributed by atoms with van der Waals surface area (Å²) in [6, 6.07) is 6.98. The van der Waals surface area contributed by atoms with Crippen LogP contribution in [0.4, 0.5) is 10.5 Å². The lowest BCUT2D eigenvalue weighted by atomic mass is 10.2. The minimum atomic E-state index is -0.523. The van der Waals surface area contributed by atoms with Crippen LogP contribution in [-0.4, -0.2) is 55.7 Å². The molecule has 1 aromatic rings. The summed E-state index contributed by atoms with van der Waals surface area (Å²) in [5.41, 5.74) is 0.742. The Balaban J connectivity index is 2.40. The first-order valence-electron chi connectivity index (χ1n) is 8.01. The number of nitrogens with zero attached hydrogens (tertiary/aromatic N) is 1. The molecule has 138 valence electrons. The number of anilines is 1. The van der Waals surface area contributed by atoms with Crippen LogP contribution < -0.4 is 16.0 Å². The lowest BCUT2D eigenvalue weighted by molar-refractivity contribution is -0.122. The van der Waals surface area contributed by atoms with Gasteiger partial charge in [0.1, 0.15) is 0 Å². The summed E-state index contributed by atoms with van der Waals surface area (Å²) < 4.78 is 0. The quantitative estimate of drug-likeness (QED) is 0.610. The van der Waals surface area contributed by atoms with Crippen molar-refractivity contribution < 1.29 is 14.4 Å². The number of carbonyl (C=O) groups excluding carboxylic acids is 3. The number of nitrogens with one attached hydrogen (secondary N) is 3. The first-order chi connectivity index (χ1) is 11.8. The molecule has 7 nitrogen and oxygen atoms in total. The van der Waals surface area contributed by atoms with Crippen LogP contribution in [0.25, 0.3) is 0 Å². The van der Waals surface area contributed by atoms with Gasteiger partial charge < -0.3 is 10.6 Å². The van der Waals surface area contributed by atoms with E-state index in [1.165, 1.54) is 0 Å². The third-order valence-electron chi connectivity index (χ3n) is 3.13. The number of imide groups is 1. The fourth-order valence-electron chi connectivity index (χ4n) is 1.99. The number of hydrogen-bond donors (Lipinski definition) is 3. The van der Waals surface area contributed by atoms with Gasteiger partial charge in [-0.3, -0.25) is 19.8 Å². The molecule has 0 aliphatic heterocycles. The number of benzene rings is 1. The van der Waals surface area contributed by atoms with Gasteiger partial charge in [-0.2, -0.15) is 0 Å². The largest absolute Gasteiger partial charge is 0.338 e. The molecule has 0 bridgehead atoms. The van der Waals surface area contributed by atoms with E-state index in [0.29, 0.717) is 12.5 Å². The molecule has 1 rings (SSSR count). The Kier molecular flexibility index (Phi) is 9.01. The summed E-state index contributed by atoms with van der Waals surface area (Å²) in [6.07, 6.45) is 1.94. The van der Waals surface area contributed by atoms with Gasteiger partial charge in [0.2, 0.25) is 11.8 Å². The van der Waals surface area contributed by atoms with Crippen LogP contribution in [0.1, 0.15) is 13.8 Å². The second-order valence-electron chi connectivity index (χ2n) is 6.07. The van der Waals surface area contributed by atoms with Crippen LogP contribution in [0.15, 0.2) is 29.2 Å². The first-order valence-corrected chi connectivity index (χ1v) is 9.23. The van der Waals surface area contributed by atoms with E-state index in [4.69, 9.17) is 0 Å². The van der Waals surface area contributed by atoms with Gasteiger partial charge in [0.05, 0.1) is 18.8 Å². The maximum absolute atomic E-state index is 12.1. The van der Waals surface area contributed by atoms with Gasteiger partial charge in [-0.25, -0.2) is 4.79 Å². The summed E-state index contributed by atoms with van der Waals surface area (Å²) in [5.74, 6) is -0.376. The highest BCUT2D eigenvalue weighted by Crippen LogP contribution is 2.24. The second kappa shape index (κ2) is 10.7. The monoisotopic (exact) mass is 366 g/mol. The van der Waals surface area contributed by atoms with E-state index in [-0.39, 0.29) is 19.0 Å². The van der Waals surface area contributed by atoms with E-state index in [1.54, 1.807) is 23.7 Å². The molecule has 0 aromatic heterocycles. The maximum atomic E-state index is 12.1. The van der Waals surface area contributed by atoms with Gasteiger partial charge in [-0.05, 0) is 31.4 Å². The summed E-state index contributed by atoms with van der Waals surface area (Å²) >= 11 is 1.54. The van der Waals surface area contributed by atoms with E-state index < -0.39 is 11.9 Å². The molecule has 0 radical (unpaired) electrons. The van der Waals surface area contributed by atoms with Crippen LogP contribution in [0, 0.1) is 5.92 Å². The van der Waals surface area contributed by atoms with Crippen molar-refractivity contribution in [1.82, 2.24) is 15.5 Å². The van der Waals surface area contributed by atoms with Crippen LogP contribution >= 0.6 is 11.8 Å². The van der Waals surface area contributed by atoms with Crippen molar-refractivity contribution in [2.24, 2.45) is 5.92 Å². The smallest absolute Gasteiger partial charge is 0.321 e. The van der Waals surface area contributed by atoms with Crippen LogP contribution in [0.2, 0.25) is 0 Å². The SMILES string of the molecule is CSc1ccccc1NC(=O)CN(C)CC(=O)NC(=O)NCC(C)C. The number of likely N-dealkylation sites (N-methyl/N-ethyl adjacent to an activating group) is 1. The molecule has 3 N–H and O–H groups in total. The second-order valence-corrected chi connectivity index (χ2v) is 6.92. The zero-order valence-corrected chi connectivity index (χ0v) is 15.9. The van der Waals surface area contributed by atoms with E-state index in [9.17, 15) is 14.4 Å². The topological polar surface area (TPSA) is 90.5 Å². The van der Waals surface area contributed by atoms with Gasteiger partial charge in [0, 0.05) is 11.4 Å². The molecule has 25 heavy (non-hydrogen) atoms. The number of hydrogen-bond acceptors (Lipinski definition) is 5. The van der Waals surface area contributed by atoms with Gasteiger partial charge in [-0.15, -0.1) is 11.8 Å². The Morgan fingerprint density at radius 3 is 2.40 bits per heavy atom. The Bertz CT molecular complexity index is 607. The van der Waals surface area contributed by atoms with Crippen LogP contribution in [-0.2, 0) is 9.59 Å². The minimum Gasteiger partial charge on any atom is -0.338 e. The molecule has 1 aromatic carbocycles. The highest BCUT2D eigenvalue weighted by Gasteiger charge is 2.14. The van der Waals surface area contributed by atoms with Gasteiger partial charge in [0.25, 0.3) is 0 Å². The average molecular weight is 366 g/mol. The van der Waals surface area contributed by atoms with Gasteiger partial charge in [0.15, 0.2) is 0 Å². The fourth-order valence-corrected chi connectivity index (χ4v) is 2.54. The number of para-hydroxylation sites is 1. The van der Waals surface area contributed by atoms with Gasteiger partial charge >= 0.3 is 6.03 Å². The third kappa shape index (κ3) is 8.55. The minimum absolute atomic E-state index is 0.0454. The molecule has 0 unspecified atom stereocenters. The molecule has 0 spiro atoms. The molecule has 0 saturated carbocycles. The number of thioether (sulfide) groups is 1. The molecule has 0 saturated heterocycles. The predicted octanol–water partition coefficient (Wildman–Crippen LogP) is 1.76. The normalized spacial score (nSPS) is 10.6. The molecule has 0 atom stereocenters. The van der Waals surface area contributed by atoms with Crippen LogP contribution in [0.5, 0.6) is 0 Å². The highest BCUT2D eigenvalue weighted by molar-refractivity contribution is 7.98. The molecule has 8 heteroatoms. The maximum Gasteiger partial charge on any atom is 0.321 e. The van der Waals surface area contributed by atoms with Crippen molar-refractivity contribution in [3.05, 3.63) is 24.3 Å². The molecule has 0 aliphatic carbocycles. The van der Waals surface area contributed by atoms with E-state index in [0.717, 1.165) is 10.6 Å². The van der Waals surface area contributed by atoms with E-state index in [1.807, 2.05) is 44.4 Å². The van der Waals surface area contributed by atoms with Crippen molar-refractivity contribution >= 4 is 35.3 Å². The zero-order chi connectivity index (χ0) is 18.8. The van der Waals surface area contributed by atoms with Gasteiger partial charge in [-0.1, -0.05) is 26.0 Å². The Hall–Kier alpha value is -2.06. The highest BCUT2D eigenvalue weighted by atomic mass is 32.2. The summed E-state index contributed by atoms with van der Waals surface area (Å²) in [6.45, 7) is 4.41. The van der Waals surface area contributed by atoms with Crippen molar-refractivity contribution in [3.8, 4) is 0 Å². The standard InChI is InChI=1S/C17H26N4O3S/c1-12(2)9-18-17(24)20-16(23)11-21(3)10-15(22)19-13-7-5-6-8-14(13)25-4/h5-8,12H,9-11H2,1-4H3,(H,19,22)(H2,18,20,23,24). The molecule has 0 fully saturated rings. The number of carbonyl (C=O) groups is 3. The molecule has 4 amide bonds. The molecular weight excluding hydrogens is 340 g/mol. The Morgan fingerprint density at radius 2 is 1.76 bits per heavy atom. The Morgan fingerprint density at radius 1 is 1.12 bits per heavy atom. The van der Waals surface area contributed by atoms with Crippen LogP contribution in [0.3, 0.4) is 0 Å². The molecular formula is C17H26N4O3S. The average Bonchev–Trinajstić information content (AvgIpc) is 2.52. The third-order valence-corrected chi connectivity index (χ3v) is 3.93. The summed E-state index contributed by atoms with van der Waals surface area (Å²) in [7, 11) is 1.64. The lowest BCUT2D eigenvalue weighted by Gasteiger charge is -2.16. The van der Waals surface area contributed by atoms with Crippen molar-refractivity contribution in [2.75, 3.05) is 38.3 Å². The Labute approximate surface area is 152 Å². The summed E-state index contributed by atoms with van der Waals surface area (Å²) in [5, 5.41) is 7.67. The number of urea groups is 1. The van der Waals surface area contributed by atoms with Crippen molar-refractivity contribution in [1.29, 1.82) is 0 Å². The lowest BCUT2D eigenvalue weighted by Crippen LogP contribution is -2.45. The summed E-state index contributed by atoms with van der Waals surface area (Å²) in [4.78, 5) is 37.9. The zero-order valence-electron chi connectivity index (χ0n) is 15.1. The van der Waals surface area contributed by atoms with Crippen molar-refractivity contribution in [3.63, 3.8) is 0 Å². The predicted molar refractivity (Wildman–Crippen MR) is 101 cm³/mol. The van der Waals surface area contributed by atoms with E-state index >= 15 is 0 Å². The van der Waals surface area contributed by atoms with E-state index in [2.05, 4.69) is 16.0 Å². The fraction of sp³-hybridized carbons (Fsp3) is 0.471. The number of rotatable bonds is 8. The molecule has 0 aliphatic rings. The molecule has 0 heterocycles. The number of amides is 4. The first kappa shape index (κ1) is 21.0.